The lowest BCUT2D eigenvalue weighted by Gasteiger charge is -2.07. The fraction of sp³-hybridized carbons (Fsp3) is 0.300. The summed E-state index contributed by atoms with van der Waals surface area (Å²) in [4.78, 5) is 27.7. The quantitative estimate of drug-likeness (QED) is 0.512. The highest BCUT2D eigenvalue weighted by Gasteiger charge is 2.09. The number of hydrogen-bond acceptors (Lipinski definition) is 5. The van der Waals surface area contributed by atoms with Crippen molar-refractivity contribution in [2.24, 2.45) is 7.05 Å². The van der Waals surface area contributed by atoms with Crippen molar-refractivity contribution in [3.63, 3.8) is 0 Å². The molecule has 1 N–H and O–H groups in total. The Balaban J connectivity index is 1.47. The minimum Gasteiger partial charge on any atom is -0.494 e. The van der Waals surface area contributed by atoms with Gasteiger partial charge in [0, 0.05) is 24.4 Å². The maximum Gasteiger partial charge on any atom is 0.224 e. The predicted octanol–water partition coefficient (Wildman–Crippen LogP) is 3.28. The van der Waals surface area contributed by atoms with E-state index in [4.69, 9.17) is 4.74 Å². The smallest absolute Gasteiger partial charge is 0.224 e. The van der Waals surface area contributed by atoms with Gasteiger partial charge in [0.05, 0.1) is 24.2 Å². The Hall–Kier alpha value is -3.22. The van der Waals surface area contributed by atoms with Gasteiger partial charge in [0.2, 0.25) is 5.91 Å². The number of pyridine rings is 1. The largest absolute Gasteiger partial charge is 0.494 e. The number of nitrogens with one attached hydrogen (secondary N) is 1. The SMILES string of the molecule is CC(=O)c1ccc(OCCCC(=O)Nc2cnc3c(c2)c(C)nn3C)cc1. The lowest BCUT2D eigenvalue weighted by molar-refractivity contribution is -0.116. The Morgan fingerprint density at radius 3 is 2.67 bits per heavy atom. The molecule has 0 spiro atoms. The summed E-state index contributed by atoms with van der Waals surface area (Å²) in [5.41, 5.74) is 2.97. The topological polar surface area (TPSA) is 86.1 Å². The summed E-state index contributed by atoms with van der Waals surface area (Å²) in [5, 5.41) is 8.10. The number of hydrogen-bond donors (Lipinski definition) is 1. The molecule has 0 unspecified atom stereocenters. The molecule has 0 aliphatic carbocycles. The first-order chi connectivity index (χ1) is 12.9. The van der Waals surface area contributed by atoms with Crippen LogP contribution in [-0.4, -0.2) is 33.1 Å². The molecule has 0 fully saturated rings. The first-order valence-corrected chi connectivity index (χ1v) is 8.77. The van der Waals surface area contributed by atoms with E-state index in [2.05, 4.69) is 15.4 Å². The Kier molecular flexibility index (Phi) is 5.49. The van der Waals surface area contributed by atoms with Crippen LogP contribution in [0.2, 0.25) is 0 Å². The van der Waals surface area contributed by atoms with Gasteiger partial charge in [-0.2, -0.15) is 5.10 Å². The van der Waals surface area contributed by atoms with Gasteiger partial charge in [-0.1, -0.05) is 0 Å². The number of Topliss-reactive ketones (excluding diaryl/α,β-unsaturated/α-hetero) is 1. The first-order valence-electron chi connectivity index (χ1n) is 8.77. The molecule has 0 aliphatic heterocycles. The van der Waals surface area contributed by atoms with Crippen LogP contribution in [0.25, 0.3) is 11.0 Å². The minimum atomic E-state index is -0.0896. The summed E-state index contributed by atoms with van der Waals surface area (Å²) < 4.78 is 7.32. The second-order valence-corrected chi connectivity index (χ2v) is 6.38. The van der Waals surface area contributed by atoms with E-state index < -0.39 is 0 Å². The van der Waals surface area contributed by atoms with Gasteiger partial charge in [-0.15, -0.1) is 0 Å². The van der Waals surface area contributed by atoms with Crippen molar-refractivity contribution in [1.82, 2.24) is 14.8 Å². The fourth-order valence-electron chi connectivity index (χ4n) is 2.81. The third-order valence-electron chi connectivity index (χ3n) is 4.22. The Morgan fingerprint density at radius 1 is 1.22 bits per heavy atom. The number of aromatic nitrogens is 3. The van der Waals surface area contributed by atoms with Crippen LogP contribution in [0.15, 0.2) is 36.5 Å². The molecule has 7 nitrogen and oxygen atoms in total. The number of anilines is 1. The van der Waals surface area contributed by atoms with Crippen LogP contribution in [0.5, 0.6) is 5.75 Å². The van der Waals surface area contributed by atoms with E-state index in [0.29, 0.717) is 36.4 Å². The Morgan fingerprint density at radius 2 is 1.96 bits per heavy atom. The second kappa shape index (κ2) is 7.99. The maximum absolute atomic E-state index is 12.1. The van der Waals surface area contributed by atoms with E-state index in [1.807, 2.05) is 20.0 Å². The number of aryl methyl sites for hydroxylation is 2. The van der Waals surface area contributed by atoms with E-state index >= 15 is 0 Å². The standard InChI is InChI=1S/C20H22N4O3/c1-13-18-11-16(12-21-20(18)24(3)23-13)22-19(26)5-4-10-27-17-8-6-15(7-9-17)14(2)25/h6-9,11-12H,4-5,10H2,1-3H3,(H,22,26). The van der Waals surface area contributed by atoms with Crippen molar-refractivity contribution >= 4 is 28.4 Å². The summed E-state index contributed by atoms with van der Waals surface area (Å²) in [6, 6.07) is 8.86. The lowest BCUT2D eigenvalue weighted by atomic mass is 10.1. The summed E-state index contributed by atoms with van der Waals surface area (Å²) in [5.74, 6) is 0.614. The molecule has 3 aromatic rings. The summed E-state index contributed by atoms with van der Waals surface area (Å²) in [7, 11) is 1.84. The number of ketones is 1. The number of nitrogens with zero attached hydrogens (tertiary/aromatic N) is 3. The van der Waals surface area contributed by atoms with Crippen LogP contribution in [0.1, 0.15) is 35.8 Å². The number of amides is 1. The monoisotopic (exact) mass is 366 g/mol. The highest BCUT2D eigenvalue weighted by molar-refractivity contribution is 5.94. The van der Waals surface area contributed by atoms with Crippen molar-refractivity contribution < 1.29 is 14.3 Å². The van der Waals surface area contributed by atoms with Crippen molar-refractivity contribution in [3.8, 4) is 5.75 Å². The molecule has 1 amide bonds. The van der Waals surface area contributed by atoms with Crippen molar-refractivity contribution in [1.29, 1.82) is 0 Å². The molecule has 3 rings (SSSR count). The molecule has 7 heteroatoms. The molecule has 0 aliphatic rings. The summed E-state index contributed by atoms with van der Waals surface area (Å²) in [6.07, 6.45) is 2.56. The van der Waals surface area contributed by atoms with Crippen LogP contribution in [0.4, 0.5) is 5.69 Å². The zero-order valence-electron chi connectivity index (χ0n) is 15.7. The number of carbonyl (C=O) groups excluding carboxylic acids is 2. The van der Waals surface area contributed by atoms with Gasteiger partial charge in [-0.25, -0.2) is 4.98 Å². The zero-order chi connectivity index (χ0) is 19.4. The molecule has 0 radical (unpaired) electrons. The fourth-order valence-corrected chi connectivity index (χ4v) is 2.81. The second-order valence-electron chi connectivity index (χ2n) is 6.38. The van der Waals surface area contributed by atoms with E-state index in [1.165, 1.54) is 6.92 Å². The van der Waals surface area contributed by atoms with Gasteiger partial charge in [0.1, 0.15) is 5.75 Å². The first kappa shape index (κ1) is 18.6. The van der Waals surface area contributed by atoms with Gasteiger partial charge >= 0.3 is 0 Å². The third-order valence-corrected chi connectivity index (χ3v) is 4.22. The zero-order valence-corrected chi connectivity index (χ0v) is 15.7. The van der Waals surface area contributed by atoms with E-state index in [-0.39, 0.29) is 11.7 Å². The van der Waals surface area contributed by atoms with Crippen LogP contribution >= 0.6 is 0 Å². The van der Waals surface area contributed by atoms with Crippen LogP contribution in [0.3, 0.4) is 0 Å². The van der Waals surface area contributed by atoms with Crippen molar-refractivity contribution in [2.45, 2.75) is 26.7 Å². The molecular weight excluding hydrogens is 344 g/mol. The lowest BCUT2D eigenvalue weighted by Crippen LogP contribution is -2.13. The minimum absolute atomic E-state index is 0.0207. The maximum atomic E-state index is 12.1. The number of benzene rings is 1. The van der Waals surface area contributed by atoms with Crippen molar-refractivity contribution in [2.75, 3.05) is 11.9 Å². The van der Waals surface area contributed by atoms with E-state index in [9.17, 15) is 9.59 Å². The molecule has 27 heavy (non-hydrogen) atoms. The average Bonchev–Trinajstić information content (AvgIpc) is 2.93. The number of ether oxygens (including phenoxy) is 1. The van der Waals surface area contributed by atoms with Gasteiger partial charge in [0.25, 0.3) is 0 Å². The Labute approximate surface area is 157 Å². The van der Waals surface area contributed by atoms with E-state index in [0.717, 1.165) is 16.7 Å². The molecule has 2 aromatic heterocycles. The van der Waals surface area contributed by atoms with E-state index in [1.54, 1.807) is 35.1 Å². The summed E-state index contributed by atoms with van der Waals surface area (Å²) in [6.45, 7) is 3.86. The highest BCUT2D eigenvalue weighted by Crippen LogP contribution is 2.19. The number of carbonyl (C=O) groups is 2. The van der Waals surface area contributed by atoms with Gasteiger partial charge in [-0.3, -0.25) is 14.3 Å². The average molecular weight is 366 g/mol. The normalized spacial score (nSPS) is 10.8. The molecule has 0 saturated heterocycles. The Bertz CT molecular complexity index is 977. The molecule has 2 heterocycles. The number of fused-ring (bicyclic) bond motifs is 1. The van der Waals surface area contributed by atoms with Gasteiger partial charge < -0.3 is 10.1 Å². The third kappa shape index (κ3) is 4.49. The summed E-state index contributed by atoms with van der Waals surface area (Å²) >= 11 is 0. The van der Waals surface area contributed by atoms with Gasteiger partial charge in [-0.05, 0) is 50.6 Å². The van der Waals surface area contributed by atoms with Crippen LogP contribution < -0.4 is 10.1 Å². The molecule has 0 bridgehead atoms. The van der Waals surface area contributed by atoms with Gasteiger partial charge in [0.15, 0.2) is 11.4 Å². The molecule has 0 saturated carbocycles. The molecular formula is C20H22N4O3. The molecule has 1 aromatic carbocycles. The highest BCUT2D eigenvalue weighted by atomic mass is 16.5. The van der Waals surface area contributed by atoms with Crippen LogP contribution in [-0.2, 0) is 11.8 Å². The van der Waals surface area contributed by atoms with Crippen molar-refractivity contribution in [3.05, 3.63) is 47.8 Å². The predicted molar refractivity (Wildman–Crippen MR) is 103 cm³/mol. The molecule has 0 atom stereocenters. The van der Waals surface area contributed by atoms with Crippen LogP contribution in [0, 0.1) is 6.92 Å². The molecule has 140 valence electrons. The number of rotatable bonds is 7.